The number of benzene rings is 2. The Bertz CT molecular complexity index is 742. The molecule has 0 aromatic heterocycles. The van der Waals surface area contributed by atoms with E-state index < -0.39 is 0 Å². The number of nitrogens with zero attached hydrogens (tertiary/aromatic N) is 1. The predicted molar refractivity (Wildman–Crippen MR) is 109 cm³/mol. The van der Waals surface area contributed by atoms with E-state index in [1.807, 2.05) is 12.1 Å². The van der Waals surface area contributed by atoms with E-state index in [-0.39, 0.29) is 17.6 Å². The largest absolute Gasteiger partial charge is 0.355 e. The van der Waals surface area contributed by atoms with E-state index in [0.717, 1.165) is 37.2 Å². The first-order valence-electron chi connectivity index (χ1n) is 9.55. The molecule has 2 aromatic carbocycles. The van der Waals surface area contributed by atoms with Crippen LogP contribution in [0, 0.1) is 18.7 Å². The molecule has 1 saturated heterocycles. The Hall–Kier alpha value is -1.85. The molecule has 1 fully saturated rings. The van der Waals surface area contributed by atoms with Crippen LogP contribution in [-0.4, -0.2) is 36.2 Å². The second-order valence-electron chi connectivity index (χ2n) is 7.09. The standard InChI is InChI=1S/C22H27FN2OS/c1-17-6-8-20(9-7-17)27-15-12-24-22(26)18-10-13-25(14-11-18)16-19-4-2-3-5-21(19)23/h2-9,18H,10-16H2,1H3,(H,24,26). The second kappa shape index (κ2) is 9.90. The molecular weight excluding hydrogens is 359 g/mol. The third-order valence-electron chi connectivity index (χ3n) is 5.00. The van der Waals surface area contributed by atoms with Gasteiger partial charge in [0, 0.05) is 35.2 Å². The summed E-state index contributed by atoms with van der Waals surface area (Å²) in [5, 5.41) is 3.07. The molecule has 1 aliphatic rings. The van der Waals surface area contributed by atoms with Crippen molar-refractivity contribution in [1.29, 1.82) is 0 Å². The van der Waals surface area contributed by atoms with Gasteiger partial charge in [-0.1, -0.05) is 35.9 Å². The zero-order chi connectivity index (χ0) is 19.1. The molecule has 0 spiro atoms. The Morgan fingerprint density at radius 3 is 2.56 bits per heavy atom. The Morgan fingerprint density at radius 1 is 1.15 bits per heavy atom. The number of likely N-dealkylation sites (tertiary alicyclic amines) is 1. The third-order valence-corrected chi connectivity index (χ3v) is 6.01. The van der Waals surface area contributed by atoms with E-state index in [9.17, 15) is 9.18 Å². The van der Waals surface area contributed by atoms with Crippen LogP contribution in [0.25, 0.3) is 0 Å². The number of hydrogen-bond donors (Lipinski definition) is 1. The molecule has 0 bridgehead atoms. The van der Waals surface area contributed by atoms with Gasteiger partial charge in [0.05, 0.1) is 0 Å². The van der Waals surface area contributed by atoms with Crippen LogP contribution in [0.1, 0.15) is 24.0 Å². The highest BCUT2D eigenvalue weighted by Gasteiger charge is 2.25. The maximum atomic E-state index is 13.8. The fraction of sp³-hybridized carbons (Fsp3) is 0.409. The molecule has 27 heavy (non-hydrogen) atoms. The topological polar surface area (TPSA) is 32.3 Å². The van der Waals surface area contributed by atoms with E-state index >= 15 is 0 Å². The first kappa shape index (κ1) is 19.9. The van der Waals surface area contributed by atoms with Crippen LogP contribution in [0.2, 0.25) is 0 Å². The van der Waals surface area contributed by atoms with Gasteiger partial charge in [-0.05, 0) is 51.1 Å². The lowest BCUT2D eigenvalue weighted by Crippen LogP contribution is -2.40. The molecule has 0 radical (unpaired) electrons. The van der Waals surface area contributed by atoms with Crippen LogP contribution in [0.3, 0.4) is 0 Å². The number of thioether (sulfide) groups is 1. The van der Waals surface area contributed by atoms with Gasteiger partial charge in [-0.15, -0.1) is 11.8 Å². The van der Waals surface area contributed by atoms with Crippen LogP contribution in [-0.2, 0) is 11.3 Å². The van der Waals surface area contributed by atoms with Gasteiger partial charge in [0.15, 0.2) is 0 Å². The van der Waals surface area contributed by atoms with E-state index in [0.29, 0.717) is 13.1 Å². The van der Waals surface area contributed by atoms with Gasteiger partial charge in [0.2, 0.25) is 5.91 Å². The molecule has 0 aliphatic carbocycles. The molecule has 0 atom stereocenters. The summed E-state index contributed by atoms with van der Waals surface area (Å²) in [6.45, 7) is 5.06. The maximum absolute atomic E-state index is 13.8. The lowest BCUT2D eigenvalue weighted by molar-refractivity contribution is -0.126. The SMILES string of the molecule is Cc1ccc(SCCNC(=O)C2CCN(Cc3ccccc3F)CC2)cc1. The number of hydrogen-bond acceptors (Lipinski definition) is 3. The zero-order valence-corrected chi connectivity index (χ0v) is 16.6. The fourth-order valence-corrected chi connectivity index (χ4v) is 4.11. The number of amides is 1. The van der Waals surface area contributed by atoms with Crippen molar-refractivity contribution >= 4 is 17.7 Å². The fourth-order valence-electron chi connectivity index (χ4n) is 3.34. The lowest BCUT2D eigenvalue weighted by atomic mass is 9.95. The minimum Gasteiger partial charge on any atom is -0.355 e. The van der Waals surface area contributed by atoms with Crippen molar-refractivity contribution in [2.24, 2.45) is 5.92 Å². The summed E-state index contributed by atoms with van der Waals surface area (Å²) in [4.78, 5) is 15.8. The third kappa shape index (κ3) is 6.08. The van der Waals surface area contributed by atoms with Gasteiger partial charge in [-0.2, -0.15) is 0 Å². The van der Waals surface area contributed by atoms with Gasteiger partial charge in [-0.3, -0.25) is 9.69 Å². The first-order chi connectivity index (χ1) is 13.1. The average Bonchev–Trinajstić information content (AvgIpc) is 2.69. The average molecular weight is 387 g/mol. The molecule has 1 amide bonds. The highest BCUT2D eigenvalue weighted by Crippen LogP contribution is 2.21. The minimum absolute atomic E-state index is 0.0752. The number of halogens is 1. The molecule has 0 unspecified atom stereocenters. The second-order valence-corrected chi connectivity index (χ2v) is 8.26. The predicted octanol–water partition coefficient (Wildman–Crippen LogP) is 4.25. The van der Waals surface area contributed by atoms with Crippen LogP contribution in [0.5, 0.6) is 0 Å². The summed E-state index contributed by atoms with van der Waals surface area (Å²) in [5.74, 6) is 0.959. The molecule has 144 valence electrons. The molecule has 3 nitrogen and oxygen atoms in total. The Kier molecular flexibility index (Phi) is 7.30. The number of carbonyl (C=O) groups is 1. The van der Waals surface area contributed by atoms with Crippen molar-refractivity contribution in [3.8, 4) is 0 Å². The number of carbonyl (C=O) groups excluding carboxylic acids is 1. The van der Waals surface area contributed by atoms with Crippen molar-refractivity contribution in [2.75, 3.05) is 25.4 Å². The van der Waals surface area contributed by atoms with Gasteiger partial charge in [-0.25, -0.2) is 4.39 Å². The Labute approximate surface area is 165 Å². The van der Waals surface area contributed by atoms with Gasteiger partial charge in [0.1, 0.15) is 5.82 Å². The summed E-state index contributed by atoms with van der Waals surface area (Å²) in [6, 6.07) is 15.4. The summed E-state index contributed by atoms with van der Waals surface area (Å²) in [7, 11) is 0. The van der Waals surface area contributed by atoms with Crippen LogP contribution >= 0.6 is 11.8 Å². The molecule has 2 aromatic rings. The minimum atomic E-state index is -0.150. The quantitative estimate of drug-likeness (QED) is 0.570. The molecule has 3 rings (SSSR count). The van der Waals surface area contributed by atoms with Gasteiger partial charge in [0.25, 0.3) is 0 Å². The maximum Gasteiger partial charge on any atom is 0.223 e. The number of piperidine rings is 1. The smallest absolute Gasteiger partial charge is 0.223 e. The van der Waals surface area contributed by atoms with Crippen LogP contribution < -0.4 is 5.32 Å². The molecule has 1 N–H and O–H groups in total. The first-order valence-corrected chi connectivity index (χ1v) is 10.5. The van der Waals surface area contributed by atoms with Crippen LogP contribution in [0.4, 0.5) is 4.39 Å². The lowest BCUT2D eigenvalue weighted by Gasteiger charge is -2.31. The summed E-state index contributed by atoms with van der Waals surface area (Å²) >= 11 is 1.76. The van der Waals surface area contributed by atoms with E-state index in [4.69, 9.17) is 0 Å². The Morgan fingerprint density at radius 2 is 1.85 bits per heavy atom. The summed E-state index contributed by atoms with van der Waals surface area (Å²) < 4.78 is 13.8. The van der Waals surface area contributed by atoms with E-state index in [1.165, 1.54) is 16.5 Å². The van der Waals surface area contributed by atoms with Crippen molar-refractivity contribution in [3.05, 3.63) is 65.5 Å². The molecule has 5 heteroatoms. The number of rotatable bonds is 7. The Balaban J connectivity index is 1.34. The molecule has 1 heterocycles. The van der Waals surface area contributed by atoms with Crippen LogP contribution in [0.15, 0.2) is 53.4 Å². The highest BCUT2D eigenvalue weighted by molar-refractivity contribution is 7.99. The van der Waals surface area contributed by atoms with E-state index in [2.05, 4.69) is 41.4 Å². The van der Waals surface area contributed by atoms with Crippen molar-refractivity contribution < 1.29 is 9.18 Å². The number of nitrogens with one attached hydrogen (secondary N) is 1. The summed E-state index contributed by atoms with van der Waals surface area (Å²) in [6.07, 6.45) is 1.68. The molecule has 0 saturated carbocycles. The van der Waals surface area contributed by atoms with E-state index in [1.54, 1.807) is 17.8 Å². The normalized spacial score (nSPS) is 15.6. The van der Waals surface area contributed by atoms with Gasteiger partial charge >= 0.3 is 0 Å². The molecular formula is C22H27FN2OS. The summed E-state index contributed by atoms with van der Waals surface area (Å²) in [5.41, 5.74) is 1.99. The van der Waals surface area contributed by atoms with Crippen molar-refractivity contribution in [3.63, 3.8) is 0 Å². The number of aryl methyl sites for hydroxylation is 1. The highest BCUT2D eigenvalue weighted by atomic mass is 32.2. The van der Waals surface area contributed by atoms with Gasteiger partial charge < -0.3 is 5.32 Å². The zero-order valence-electron chi connectivity index (χ0n) is 15.8. The van der Waals surface area contributed by atoms with Crippen molar-refractivity contribution in [1.82, 2.24) is 10.2 Å². The molecule has 1 aliphatic heterocycles. The monoisotopic (exact) mass is 386 g/mol. The van der Waals surface area contributed by atoms with Crippen molar-refractivity contribution in [2.45, 2.75) is 31.2 Å².